The molecule has 1 N–H and O–H groups in total. The maximum Gasteiger partial charge on any atom is 0.195 e. The van der Waals surface area contributed by atoms with Gasteiger partial charge in [0.25, 0.3) is 0 Å². The Hall–Kier alpha value is -1.13. The van der Waals surface area contributed by atoms with Crippen molar-refractivity contribution in [2.24, 2.45) is 0 Å². The summed E-state index contributed by atoms with van der Waals surface area (Å²) in [7, 11) is 0. The lowest BCUT2D eigenvalue weighted by atomic mass is 9.95. The topological polar surface area (TPSA) is 33.6 Å². The third kappa shape index (κ3) is 2.47. The number of aromatic amines is 1. The Bertz CT molecular complexity index is 626. The lowest BCUT2D eigenvalue weighted by molar-refractivity contribution is 0.352. The van der Waals surface area contributed by atoms with Crippen LogP contribution in [0.5, 0.6) is 0 Å². The summed E-state index contributed by atoms with van der Waals surface area (Å²) in [6, 6.07) is 8.24. The van der Waals surface area contributed by atoms with E-state index in [1.807, 2.05) is 24.3 Å². The van der Waals surface area contributed by atoms with Gasteiger partial charge in [-0.2, -0.15) is 5.10 Å². The highest BCUT2D eigenvalue weighted by molar-refractivity contribution is 7.71. The van der Waals surface area contributed by atoms with Gasteiger partial charge in [-0.15, -0.1) is 0 Å². The first kappa shape index (κ1) is 12.9. The SMILES string of the molecule is S=c1[nH]nc(-c2ccccc2Cl)n1C1CCCCC1. The molecule has 1 aromatic carbocycles. The number of rotatable bonds is 2. The lowest BCUT2D eigenvalue weighted by Crippen LogP contribution is -2.14. The molecule has 0 radical (unpaired) electrons. The molecule has 1 heterocycles. The van der Waals surface area contributed by atoms with E-state index in [0.29, 0.717) is 15.8 Å². The Morgan fingerprint density at radius 2 is 1.95 bits per heavy atom. The minimum Gasteiger partial charge on any atom is -0.297 e. The first-order chi connectivity index (χ1) is 9.27. The zero-order valence-corrected chi connectivity index (χ0v) is 12.2. The van der Waals surface area contributed by atoms with Crippen LogP contribution in [0.15, 0.2) is 24.3 Å². The Labute approximate surface area is 122 Å². The number of halogens is 1. The van der Waals surface area contributed by atoms with Crippen molar-refractivity contribution in [1.29, 1.82) is 0 Å². The van der Waals surface area contributed by atoms with E-state index in [1.165, 1.54) is 32.1 Å². The van der Waals surface area contributed by atoms with Crippen molar-refractivity contribution in [2.45, 2.75) is 38.1 Å². The molecule has 0 saturated heterocycles. The van der Waals surface area contributed by atoms with Crippen molar-refractivity contribution in [3.05, 3.63) is 34.1 Å². The molecule has 1 aliphatic rings. The van der Waals surface area contributed by atoms with Crippen LogP contribution in [0.4, 0.5) is 0 Å². The number of nitrogens with one attached hydrogen (secondary N) is 1. The molecule has 0 aliphatic heterocycles. The molecular formula is C14H16ClN3S. The standard InChI is InChI=1S/C14H16ClN3S/c15-12-9-5-4-8-11(12)13-16-17-14(19)18(13)10-6-2-1-3-7-10/h4-5,8-10H,1-3,6-7H2,(H,17,19). The summed E-state index contributed by atoms with van der Waals surface area (Å²) in [6.45, 7) is 0. The van der Waals surface area contributed by atoms with Gasteiger partial charge < -0.3 is 0 Å². The van der Waals surface area contributed by atoms with Crippen LogP contribution >= 0.6 is 23.8 Å². The molecule has 0 amide bonds. The first-order valence-corrected chi connectivity index (χ1v) is 7.48. The van der Waals surface area contributed by atoms with Crippen LogP contribution in [0.2, 0.25) is 5.02 Å². The Balaban J connectivity index is 2.08. The van der Waals surface area contributed by atoms with E-state index in [9.17, 15) is 0 Å². The van der Waals surface area contributed by atoms with Gasteiger partial charge in [-0.25, -0.2) is 0 Å². The number of benzene rings is 1. The molecule has 3 nitrogen and oxygen atoms in total. The van der Waals surface area contributed by atoms with Gasteiger partial charge in [0.15, 0.2) is 10.6 Å². The summed E-state index contributed by atoms with van der Waals surface area (Å²) in [6.07, 6.45) is 6.19. The maximum atomic E-state index is 6.28. The molecule has 0 unspecified atom stereocenters. The van der Waals surface area contributed by atoms with Crippen LogP contribution in [0.3, 0.4) is 0 Å². The van der Waals surface area contributed by atoms with Crippen LogP contribution in [0, 0.1) is 4.77 Å². The van der Waals surface area contributed by atoms with E-state index in [1.54, 1.807) is 0 Å². The minimum atomic E-state index is 0.450. The van der Waals surface area contributed by atoms with Gasteiger partial charge in [0.1, 0.15) is 0 Å². The highest BCUT2D eigenvalue weighted by Gasteiger charge is 2.21. The predicted molar refractivity (Wildman–Crippen MR) is 80.0 cm³/mol. The molecule has 0 spiro atoms. The minimum absolute atomic E-state index is 0.450. The molecule has 1 saturated carbocycles. The van der Waals surface area contributed by atoms with Gasteiger partial charge in [0.2, 0.25) is 0 Å². The average Bonchev–Trinajstić information content (AvgIpc) is 2.82. The number of H-pyrrole nitrogens is 1. The normalized spacial score (nSPS) is 16.7. The number of hydrogen-bond donors (Lipinski definition) is 1. The van der Waals surface area contributed by atoms with E-state index < -0.39 is 0 Å². The third-order valence-corrected chi connectivity index (χ3v) is 4.38. The molecule has 0 bridgehead atoms. The summed E-state index contributed by atoms with van der Waals surface area (Å²) < 4.78 is 2.84. The molecule has 2 aromatic rings. The third-order valence-electron chi connectivity index (χ3n) is 3.76. The highest BCUT2D eigenvalue weighted by Crippen LogP contribution is 2.33. The molecular weight excluding hydrogens is 278 g/mol. The van der Waals surface area contributed by atoms with Crippen molar-refractivity contribution < 1.29 is 0 Å². The van der Waals surface area contributed by atoms with Crippen LogP contribution in [0.25, 0.3) is 11.4 Å². The lowest BCUT2D eigenvalue weighted by Gasteiger charge is -2.24. The quantitative estimate of drug-likeness (QED) is 0.810. The summed E-state index contributed by atoms with van der Waals surface area (Å²) in [5, 5.41) is 8.02. The Morgan fingerprint density at radius 1 is 1.21 bits per heavy atom. The number of aromatic nitrogens is 3. The second kappa shape index (κ2) is 5.47. The van der Waals surface area contributed by atoms with Crippen molar-refractivity contribution in [1.82, 2.24) is 14.8 Å². The summed E-state index contributed by atoms with van der Waals surface area (Å²) in [5.74, 6) is 0.863. The van der Waals surface area contributed by atoms with Crippen LogP contribution in [-0.4, -0.2) is 14.8 Å². The van der Waals surface area contributed by atoms with Gasteiger partial charge in [0, 0.05) is 11.6 Å². The smallest absolute Gasteiger partial charge is 0.195 e. The molecule has 1 aromatic heterocycles. The predicted octanol–water partition coefficient (Wildman–Crippen LogP) is 4.77. The molecule has 19 heavy (non-hydrogen) atoms. The van der Waals surface area contributed by atoms with Gasteiger partial charge in [-0.3, -0.25) is 9.67 Å². The van der Waals surface area contributed by atoms with E-state index >= 15 is 0 Å². The fourth-order valence-corrected chi connectivity index (χ4v) is 3.32. The van der Waals surface area contributed by atoms with E-state index in [2.05, 4.69) is 14.8 Å². The van der Waals surface area contributed by atoms with Crippen molar-refractivity contribution in [2.75, 3.05) is 0 Å². The van der Waals surface area contributed by atoms with Gasteiger partial charge >= 0.3 is 0 Å². The van der Waals surface area contributed by atoms with Gasteiger partial charge in [0.05, 0.1) is 5.02 Å². The molecule has 100 valence electrons. The largest absolute Gasteiger partial charge is 0.297 e. The van der Waals surface area contributed by atoms with Gasteiger partial charge in [-0.1, -0.05) is 43.0 Å². The highest BCUT2D eigenvalue weighted by atomic mass is 35.5. The van der Waals surface area contributed by atoms with Crippen LogP contribution < -0.4 is 0 Å². The first-order valence-electron chi connectivity index (χ1n) is 6.69. The van der Waals surface area contributed by atoms with Crippen LogP contribution in [0.1, 0.15) is 38.1 Å². The second-order valence-corrected chi connectivity index (χ2v) is 5.79. The second-order valence-electron chi connectivity index (χ2n) is 4.99. The fourth-order valence-electron chi connectivity index (χ4n) is 2.82. The van der Waals surface area contributed by atoms with E-state index in [4.69, 9.17) is 23.8 Å². The van der Waals surface area contributed by atoms with E-state index in [0.717, 1.165) is 11.4 Å². The zero-order valence-electron chi connectivity index (χ0n) is 10.6. The van der Waals surface area contributed by atoms with Crippen molar-refractivity contribution in [3.8, 4) is 11.4 Å². The number of hydrogen-bond acceptors (Lipinski definition) is 2. The molecule has 5 heteroatoms. The van der Waals surface area contributed by atoms with Crippen molar-refractivity contribution in [3.63, 3.8) is 0 Å². The molecule has 1 aliphatic carbocycles. The average molecular weight is 294 g/mol. The Morgan fingerprint density at radius 3 is 2.68 bits per heavy atom. The van der Waals surface area contributed by atoms with Crippen LogP contribution in [-0.2, 0) is 0 Å². The fraction of sp³-hybridized carbons (Fsp3) is 0.429. The summed E-state index contributed by atoms with van der Waals surface area (Å²) >= 11 is 11.7. The molecule has 1 fully saturated rings. The van der Waals surface area contributed by atoms with Crippen molar-refractivity contribution >= 4 is 23.8 Å². The monoisotopic (exact) mass is 293 g/mol. The molecule has 0 atom stereocenters. The number of nitrogens with zero attached hydrogens (tertiary/aromatic N) is 2. The Kier molecular flexibility index (Phi) is 3.71. The summed E-state index contributed by atoms with van der Waals surface area (Å²) in [4.78, 5) is 0. The van der Waals surface area contributed by atoms with Gasteiger partial charge in [-0.05, 0) is 37.2 Å². The van der Waals surface area contributed by atoms with E-state index in [-0.39, 0.29) is 0 Å². The maximum absolute atomic E-state index is 6.28. The summed E-state index contributed by atoms with van der Waals surface area (Å²) in [5.41, 5.74) is 0.946. The molecule has 3 rings (SSSR count). The zero-order chi connectivity index (χ0) is 13.2.